The fourth-order valence-electron chi connectivity index (χ4n) is 7.36. The molecule has 1 saturated carbocycles. The number of nitrogens with one attached hydrogen (secondary N) is 3. The van der Waals surface area contributed by atoms with Crippen molar-refractivity contribution in [1.82, 2.24) is 39.2 Å². The first-order valence-corrected chi connectivity index (χ1v) is 17.8. The van der Waals surface area contributed by atoms with Gasteiger partial charge in [-0.3, -0.25) is 19.2 Å². The van der Waals surface area contributed by atoms with Crippen LogP contribution in [0.4, 0.5) is 34.9 Å². The Morgan fingerprint density at radius 1 is 1.04 bits per heavy atom. The molecule has 3 aromatic heterocycles. The number of aromatic amines is 1. The number of benzene rings is 1. The van der Waals surface area contributed by atoms with Crippen LogP contribution < -0.4 is 31.6 Å². The van der Waals surface area contributed by atoms with Crippen LogP contribution in [0, 0.1) is 12.7 Å². The van der Waals surface area contributed by atoms with Crippen molar-refractivity contribution in [1.29, 1.82) is 0 Å². The van der Waals surface area contributed by atoms with Crippen molar-refractivity contribution in [2.24, 2.45) is 0 Å². The number of anilines is 3. The van der Waals surface area contributed by atoms with Crippen LogP contribution in [0.15, 0.2) is 27.9 Å². The lowest BCUT2D eigenvalue weighted by molar-refractivity contribution is -0.140. The topological polar surface area (TPSA) is 158 Å². The minimum atomic E-state index is -4.91. The van der Waals surface area contributed by atoms with E-state index in [4.69, 9.17) is 0 Å². The van der Waals surface area contributed by atoms with E-state index in [1.165, 1.54) is 17.8 Å². The summed E-state index contributed by atoms with van der Waals surface area (Å²) in [6.45, 7) is 7.75. The molecule has 53 heavy (non-hydrogen) atoms. The Labute approximate surface area is 300 Å². The van der Waals surface area contributed by atoms with Gasteiger partial charge in [-0.15, -0.1) is 5.10 Å². The molecule has 0 unspecified atom stereocenters. The standard InChI is InChI=1S/C34H41F4N11O4/c1-4-26-28(45-12-13-46(20(3)17-45)29(51)22-16-40-48(30(22)52)21-6-5-7-21)31(53)49-33(42-32(43-49)44-10-8-39-9-11-44)47(26)18-27(50)41-25-15-24(35)23(14-19(25)2)34(36,37)38/h14-16,20-21,39-40H,4-13,17-18H2,1-3H3,(H,41,50)/t20-/m1/s1. The van der Waals surface area contributed by atoms with E-state index >= 15 is 0 Å². The molecule has 0 radical (unpaired) electrons. The van der Waals surface area contributed by atoms with E-state index in [0.717, 1.165) is 23.8 Å². The normalized spacial score (nSPS) is 18.5. The van der Waals surface area contributed by atoms with Crippen molar-refractivity contribution >= 4 is 34.9 Å². The Bertz CT molecular complexity index is 2180. The number of alkyl halides is 3. The number of hydrogen-bond acceptors (Lipinski definition) is 9. The zero-order valence-corrected chi connectivity index (χ0v) is 29.6. The Kier molecular flexibility index (Phi) is 9.54. The first kappa shape index (κ1) is 36.2. The minimum Gasteiger partial charge on any atom is -0.362 e. The third-order valence-electron chi connectivity index (χ3n) is 10.4. The maximum atomic E-state index is 14.5. The highest BCUT2D eigenvalue weighted by Crippen LogP contribution is 2.34. The predicted octanol–water partition coefficient (Wildman–Crippen LogP) is 2.53. The summed E-state index contributed by atoms with van der Waals surface area (Å²) in [5.41, 5.74) is -1.60. The Morgan fingerprint density at radius 2 is 1.77 bits per heavy atom. The van der Waals surface area contributed by atoms with E-state index in [1.807, 2.05) is 23.6 Å². The number of hydrogen-bond donors (Lipinski definition) is 3. The number of aromatic nitrogens is 6. The number of rotatable bonds is 8. The van der Waals surface area contributed by atoms with Crippen LogP contribution in [0.1, 0.15) is 66.3 Å². The van der Waals surface area contributed by atoms with Gasteiger partial charge in [-0.05, 0) is 57.2 Å². The van der Waals surface area contributed by atoms with E-state index in [2.05, 4.69) is 25.8 Å². The van der Waals surface area contributed by atoms with Gasteiger partial charge < -0.3 is 35.0 Å². The maximum Gasteiger partial charge on any atom is 0.419 e. The number of nitrogens with zero attached hydrogens (tertiary/aromatic N) is 8. The summed E-state index contributed by atoms with van der Waals surface area (Å²) in [6.07, 6.45) is -0.395. The molecular weight excluding hydrogens is 702 g/mol. The average Bonchev–Trinajstić information content (AvgIpc) is 3.71. The Hall–Kier alpha value is -5.20. The molecule has 1 aromatic carbocycles. The SMILES string of the molecule is CCc1c(N2CCN(C(=O)c3c[nH]n(C4CCC4)c3=O)[C@H](C)C2)c(=O)n2nc(N3CCNCC3)nc2n1CC(=O)Nc1cc(F)c(C(F)(F)F)cc1C. The van der Waals surface area contributed by atoms with Crippen molar-refractivity contribution in [3.8, 4) is 0 Å². The summed E-state index contributed by atoms with van der Waals surface area (Å²) < 4.78 is 58.6. The van der Waals surface area contributed by atoms with Crippen LogP contribution in [0.2, 0.25) is 0 Å². The molecule has 2 aliphatic heterocycles. The zero-order valence-electron chi connectivity index (χ0n) is 29.6. The molecule has 3 fully saturated rings. The molecule has 15 nitrogen and oxygen atoms in total. The van der Waals surface area contributed by atoms with Crippen LogP contribution in [-0.2, 0) is 23.9 Å². The molecule has 19 heteroatoms. The van der Waals surface area contributed by atoms with Crippen molar-refractivity contribution < 1.29 is 27.2 Å². The number of piperazine rings is 2. The van der Waals surface area contributed by atoms with Gasteiger partial charge in [-0.25, -0.2) is 9.07 Å². The zero-order chi connectivity index (χ0) is 37.8. The number of amides is 2. The molecule has 2 saturated heterocycles. The van der Waals surface area contributed by atoms with Gasteiger partial charge in [0.1, 0.15) is 23.6 Å². The van der Waals surface area contributed by atoms with Gasteiger partial charge in [0.15, 0.2) is 0 Å². The third kappa shape index (κ3) is 6.66. The number of H-pyrrole nitrogens is 1. The van der Waals surface area contributed by atoms with Crippen LogP contribution in [0.5, 0.6) is 0 Å². The molecule has 3 aliphatic rings. The number of aryl methyl sites for hydroxylation is 1. The van der Waals surface area contributed by atoms with Gasteiger partial charge in [-0.2, -0.15) is 22.7 Å². The van der Waals surface area contributed by atoms with Gasteiger partial charge in [0, 0.05) is 63.7 Å². The highest BCUT2D eigenvalue weighted by atomic mass is 19.4. The van der Waals surface area contributed by atoms with Crippen LogP contribution >= 0.6 is 0 Å². The molecule has 284 valence electrons. The molecule has 0 spiro atoms. The molecule has 1 atom stereocenters. The van der Waals surface area contributed by atoms with Crippen molar-refractivity contribution in [2.75, 3.05) is 60.9 Å². The second-order valence-corrected chi connectivity index (χ2v) is 13.8. The number of halogens is 4. The van der Waals surface area contributed by atoms with E-state index in [1.54, 1.807) is 9.47 Å². The number of fused-ring (bicyclic) bond motifs is 1. The van der Waals surface area contributed by atoms with Gasteiger partial charge >= 0.3 is 6.18 Å². The van der Waals surface area contributed by atoms with Crippen LogP contribution in [0.25, 0.3) is 5.78 Å². The first-order valence-electron chi connectivity index (χ1n) is 17.8. The van der Waals surface area contributed by atoms with Crippen molar-refractivity contribution in [3.63, 3.8) is 0 Å². The summed E-state index contributed by atoms with van der Waals surface area (Å²) in [6, 6.07) is 0.932. The highest BCUT2D eigenvalue weighted by Gasteiger charge is 2.36. The molecule has 7 rings (SSSR count). The summed E-state index contributed by atoms with van der Waals surface area (Å²) in [7, 11) is 0. The lowest BCUT2D eigenvalue weighted by atomic mass is 9.93. The van der Waals surface area contributed by atoms with Crippen LogP contribution in [-0.4, -0.2) is 97.5 Å². The van der Waals surface area contributed by atoms with Gasteiger partial charge in [0.05, 0.1) is 17.3 Å². The Morgan fingerprint density at radius 3 is 2.42 bits per heavy atom. The molecule has 2 amide bonds. The Balaban J connectivity index is 1.22. The summed E-state index contributed by atoms with van der Waals surface area (Å²) in [4.78, 5) is 64.7. The first-order chi connectivity index (χ1) is 25.3. The highest BCUT2D eigenvalue weighted by molar-refractivity contribution is 5.94. The third-order valence-corrected chi connectivity index (χ3v) is 10.4. The minimum absolute atomic E-state index is 0.0139. The second kappa shape index (κ2) is 14.0. The lowest BCUT2D eigenvalue weighted by Gasteiger charge is -2.41. The summed E-state index contributed by atoms with van der Waals surface area (Å²) in [5.74, 6) is -2.23. The van der Waals surface area contributed by atoms with Crippen LogP contribution in [0.3, 0.4) is 0 Å². The fourth-order valence-corrected chi connectivity index (χ4v) is 7.36. The monoisotopic (exact) mass is 743 g/mol. The van der Waals surface area contributed by atoms with Crippen molar-refractivity contribution in [3.05, 3.63) is 67.2 Å². The van der Waals surface area contributed by atoms with Crippen molar-refractivity contribution in [2.45, 2.75) is 71.3 Å². The maximum absolute atomic E-state index is 14.5. The quantitative estimate of drug-likeness (QED) is 0.231. The van der Waals surface area contributed by atoms with E-state index in [9.17, 15) is 36.7 Å². The lowest BCUT2D eigenvalue weighted by Crippen LogP contribution is -2.56. The molecule has 1 aliphatic carbocycles. The van der Waals surface area contributed by atoms with Gasteiger partial charge in [0.25, 0.3) is 17.0 Å². The van der Waals surface area contributed by atoms with Gasteiger partial charge in [0.2, 0.25) is 17.6 Å². The average molecular weight is 744 g/mol. The largest absolute Gasteiger partial charge is 0.419 e. The van der Waals surface area contributed by atoms with E-state index in [-0.39, 0.29) is 65.9 Å². The smallest absolute Gasteiger partial charge is 0.362 e. The summed E-state index contributed by atoms with van der Waals surface area (Å²) in [5, 5.41) is 13.3. The second-order valence-electron chi connectivity index (χ2n) is 13.8. The molecule has 3 N–H and O–H groups in total. The molecule has 0 bridgehead atoms. The molecule has 5 heterocycles. The fraction of sp³-hybridized carbons (Fsp3) is 0.529. The van der Waals surface area contributed by atoms with E-state index < -0.39 is 47.5 Å². The predicted molar refractivity (Wildman–Crippen MR) is 187 cm³/mol. The van der Waals surface area contributed by atoms with E-state index in [0.29, 0.717) is 50.0 Å². The number of carbonyl (C=O) groups is 2. The van der Waals surface area contributed by atoms with Gasteiger partial charge in [-0.1, -0.05) is 6.92 Å². The molecule has 4 aromatic rings. The number of carbonyl (C=O) groups excluding carboxylic acids is 2. The molecular formula is C34H41F4N11O4. The summed E-state index contributed by atoms with van der Waals surface area (Å²) >= 11 is 0.